The van der Waals surface area contributed by atoms with E-state index in [0.29, 0.717) is 31.2 Å². The summed E-state index contributed by atoms with van der Waals surface area (Å²) in [5.41, 5.74) is 0.428. The standard InChI is InChI=1S/C20H19ClN4O5S/c1-29-15-10-12(14(25(27)28)11-16(15)30-2)19(26)23-6-8-24(9-7-23)20-22-18-13(21)4-3-5-17(18)31-20/h3-5,10-11H,6-9H2,1-2H3. The minimum atomic E-state index is -0.587. The van der Waals surface area contributed by atoms with Gasteiger partial charge >= 0.3 is 0 Å². The summed E-state index contributed by atoms with van der Waals surface area (Å²) in [5, 5.41) is 13.0. The maximum atomic E-state index is 13.1. The van der Waals surface area contributed by atoms with Crippen LogP contribution in [-0.4, -0.2) is 61.1 Å². The highest BCUT2D eigenvalue weighted by Crippen LogP contribution is 2.36. The fourth-order valence-electron chi connectivity index (χ4n) is 3.50. The Morgan fingerprint density at radius 1 is 1.16 bits per heavy atom. The molecule has 1 aliphatic heterocycles. The van der Waals surface area contributed by atoms with Crippen molar-refractivity contribution >= 4 is 49.9 Å². The fourth-order valence-corrected chi connectivity index (χ4v) is 4.82. The molecular formula is C20H19ClN4O5S. The van der Waals surface area contributed by atoms with E-state index >= 15 is 0 Å². The number of amides is 1. The van der Waals surface area contributed by atoms with Gasteiger partial charge in [-0.2, -0.15) is 0 Å². The van der Waals surface area contributed by atoms with Crippen molar-refractivity contribution < 1.29 is 19.2 Å². The van der Waals surface area contributed by atoms with Crippen molar-refractivity contribution in [2.45, 2.75) is 0 Å². The first kappa shape index (κ1) is 21.1. The Labute approximate surface area is 186 Å². The van der Waals surface area contributed by atoms with Gasteiger partial charge in [-0.15, -0.1) is 0 Å². The van der Waals surface area contributed by atoms with Crippen molar-refractivity contribution in [2.75, 3.05) is 45.3 Å². The largest absolute Gasteiger partial charge is 0.493 e. The van der Waals surface area contributed by atoms with E-state index in [9.17, 15) is 14.9 Å². The van der Waals surface area contributed by atoms with Gasteiger partial charge in [-0.3, -0.25) is 14.9 Å². The second-order valence-corrected chi connectivity index (χ2v) is 8.26. The van der Waals surface area contributed by atoms with Crippen molar-refractivity contribution in [3.8, 4) is 11.5 Å². The van der Waals surface area contributed by atoms with Gasteiger partial charge in [0.1, 0.15) is 11.1 Å². The number of para-hydroxylation sites is 1. The Morgan fingerprint density at radius 2 is 1.84 bits per heavy atom. The smallest absolute Gasteiger partial charge is 0.286 e. The molecule has 2 heterocycles. The van der Waals surface area contributed by atoms with Crippen molar-refractivity contribution in [2.24, 2.45) is 0 Å². The number of thiazole rings is 1. The molecule has 0 saturated carbocycles. The van der Waals surface area contributed by atoms with Crippen LogP contribution in [-0.2, 0) is 0 Å². The minimum Gasteiger partial charge on any atom is -0.493 e. The lowest BCUT2D eigenvalue weighted by molar-refractivity contribution is -0.385. The van der Waals surface area contributed by atoms with Gasteiger partial charge in [0.2, 0.25) is 0 Å². The predicted octanol–water partition coefficient (Wildman–Crippen LogP) is 3.84. The number of methoxy groups -OCH3 is 2. The van der Waals surface area contributed by atoms with Gasteiger partial charge in [-0.1, -0.05) is 29.0 Å². The Morgan fingerprint density at radius 3 is 2.45 bits per heavy atom. The predicted molar refractivity (Wildman–Crippen MR) is 119 cm³/mol. The van der Waals surface area contributed by atoms with Crippen LogP contribution in [0.1, 0.15) is 10.4 Å². The number of rotatable bonds is 5. The summed E-state index contributed by atoms with van der Waals surface area (Å²) < 4.78 is 11.3. The molecule has 4 rings (SSSR count). The Kier molecular flexibility index (Phi) is 5.84. The second-order valence-electron chi connectivity index (χ2n) is 6.84. The molecule has 9 nitrogen and oxygen atoms in total. The van der Waals surface area contributed by atoms with E-state index in [-0.39, 0.29) is 22.7 Å². The van der Waals surface area contributed by atoms with Gasteiger partial charge in [0.05, 0.1) is 34.9 Å². The number of nitrogens with zero attached hydrogens (tertiary/aromatic N) is 4. The summed E-state index contributed by atoms with van der Waals surface area (Å²) in [6.45, 7) is 1.94. The van der Waals surface area contributed by atoms with Gasteiger partial charge in [0.15, 0.2) is 16.6 Å². The fraction of sp³-hybridized carbons (Fsp3) is 0.300. The number of nitro benzene ring substituents is 1. The highest BCUT2D eigenvalue weighted by atomic mass is 35.5. The summed E-state index contributed by atoms with van der Waals surface area (Å²) in [4.78, 5) is 32.4. The molecule has 0 bridgehead atoms. The van der Waals surface area contributed by atoms with Gasteiger partial charge in [-0.25, -0.2) is 4.98 Å². The third-order valence-corrected chi connectivity index (χ3v) is 6.51. The maximum Gasteiger partial charge on any atom is 0.286 e. The van der Waals surface area contributed by atoms with Crippen LogP contribution in [0.3, 0.4) is 0 Å². The molecule has 1 saturated heterocycles. The highest BCUT2D eigenvalue weighted by Gasteiger charge is 2.30. The van der Waals surface area contributed by atoms with Gasteiger partial charge in [-0.05, 0) is 12.1 Å². The number of aromatic nitrogens is 1. The molecule has 31 heavy (non-hydrogen) atoms. The second kappa shape index (κ2) is 8.56. The third kappa shape index (κ3) is 3.96. The lowest BCUT2D eigenvalue weighted by Crippen LogP contribution is -2.48. The molecule has 1 amide bonds. The first-order valence-electron chi connectivity index (χ1n) is 9.42. The van der Waals surface area contributed by atoms with E-state index in [0.717, 1.165) is 15.3 Å². The quantitative estimate of drug-likeness (QED) is 0.419. The average Bonchev–Trinajstić information content (AvgIpc) is 3.23. The molecule has 1 aromatic heterocycles. The van der Waals surface area contributed by atoms with Crippen molar-refractivity contribution in [3.63, 3.8) is 0 Å². The number of halogens is 1. The molecule has 1 fully saturated rings. The van der Waals surface area contributed by atoms with Crippen LogP contribution in [0.5, 0.6) is 11.5 Å². The molecular weight excluding hydrogens is 444 g/mol. The van der Waals surface area contributed by atoms with Crippen LogP contribution < -0.4 is 14.4 Å². The van der Waals surface area contributed by atoms with E-state index < -0.39 is 10.8 Å². The molecule has 0 atom stereocenters. The number of carbonyl (C=O) groups excluding carboxylic acids is 1. The number of anilines is 1. The number of ether oxygens (including phenoxy) is 2. The molecule has 162 valence electrons. The molecule has 0 radical (unpaired) electrons. The number of benzene rings is 2. The first-order chi connectivity index (χ1) is 14.9. The van der Waals surface area contributed by atoms with Gasteiger partial charge < -0.3 is 19.3 Å². The number of hydrogen-bond donors (Lipinski definition) is 0. The monoisotopic (exact) mass is 462 g/mol. The molecule has 0 aliphatic carbocycles. The van der Waals surface area contributed by atoms with E-state index in [1.807, 2.05) is 12.1 Å². The molecule has 2 aromatic carbocycles. The Bertz CT molecular complexity index is 1160. The Hall–Kier alpha value is -3.11. The first-order valence-corrected chi connectivity index (χ1v) is 10.6. The zero-order valence-electron chi connectivity index (χ0n) is 16.8. The van der Waals surface area contributed by atoms with Crippen molar-refractivity contribution in [1.82, 2.24) is 9.88 Å². The zero-order valence-corrected chi connectivity index (χ0v) is 18.4. The topological polar surface area (TPSA) is 98.0 Å². The average molecular weight is 463 g/mol. The zero-order chi connectivity index (χ0) is 22.1. The van der Waals surface area contributed by atoms with Crippen LogP contribution in [0.15, 0.2) is 30.3 Å². The SMILES string of the molecule is COc1cc(C(=O)N2CCN(c3nc4c(Cl)cccc4s3)CC2)c([N+](=O)[O-])cc1OC. The molecule has 0 unspecified atom stereocenters. The molecule has 3 aromatic rings. The van der Waals surface area contributed by atoms with Crippen LogP contribution >= 0.6 is 22.9 Å². The van der Waals surface area contributed by atoms with Crippen LogP contribution in [0.2, 0.25) is 5.02 Å². The number of fused-ring (bicyclic) bond motifs is 1. The number of piperazine rings is 1. The normalized spacial score (nSPS) is 14.0. The summed E-state index contributed by atoms with van der Waals surface area (Å²) >= 11 is 7.77. The van der Waals surface area contributed by atoms with Crippen LogP contribution in [0.25, 0.3) is 10.2 Å². The molecule has 1 aliphatic rings. The van der Waals surface area contributed by atoms with Gasteiger partial charge in [0.25, 0.3) is 11.6 Å². The summed E-state index contributed by atoms with van der Waals surface area (Å²) in [7, 11) is 2.80. The lowest BCUT2D eigenvalue weighted by Gasteiger charge is -2.34. The van der Waals surface area contributed by atoms with Crippen molar-refractivity contribution in [3.05, 3.63) is 51.0 Å². The Balaban J connectivity index is 1.54. The minimum absolute atomic E-state index is 0.0251. The van der Waals surface area contributed by atoms with Crippen LogP contribution in [0.4, 0.5) is 10.8 Å². The molecule has 11 heteroatoms. The van der Waals surface area contributed by atoms with E-state index in [1.54, 1.807) is 22.3 Å². The number of hydrogen-bond acceptors (Lipinski definition) is 8. The summed E-state index contributed by atoms with van der Waals surface area (Å²) in [6, 6.07) is 8.24. The summed E-state index contributed by atoms with van der Waals surface area (Å²) in [6.07, 6.45) is 0. The van der Waals surface area contributed by atoms with Gasteiger partial charge in [0, 0.05) is 32.2 Å². The lowest BCUT2D eigenvalue weighted by atomic mass is 10.1. The van der Waals surface area contributed by atoms with E-state index in [2.05, 4.69) is 9.88 Å². The number of carbonyl (C=O) groups is 1. The summed E-state index contributed by atoms with van der Waals surface area (Å²) in [5.74, 6) is 0.0474. The van der Waals surface area contributed by atoms with Crippen molar-refractivity contribution in [1.29, 1.82) is 0 Å². The number of nitro groups is 1. The highest BCUT2D eigenvalue weighted by molar-refractivity contribution is 7.22. The molecule has 0 N–H and O–H groups in total. The third-order valence-electron chi connectivity index (χ3n) is 5.12. The van der Waals surface area contributed by atoms with E-state index in [4.69, 9.17) is 21.1 Å². The van der Waals surface area contributed by atoms with E-state index in [1.165, 1.54) is 26.4 Å². The maximum absolute atomic E-state index is 13.1. The molecule has 0 spiro atoms. The van der Waals surface area contributed by atoms with Crippen LogP contribution in [0, 0.1) is 10.1 Å².